The molecule has 4 N–H and O–H groups in total. The van der Waals surface area contributed by atoms with Crippen LogP contribution < -0.4 is 16.0 Å². The molecule has 204 valence electrons. The highest BCUT2D eigenvalue weighted by atomic mass is 32.2. The molecule has 1 unspecified atom stereocenters. The van der Waals surface area contributed by atoms with E-state index in [0.717, 1.165) is 35.7 Å². The Labute approximate surface area is 222 Å². The average molecular weight is 543 g/mol. The van der Waals surface area contributed by atoms with Crippen LogP contribution in [-0.4, -0.2) is 66.8 Å². The van der Waals surface area contributed by atoms with Crippen molar-refractivity contribution in [2.45, 2.75) is 68.5 Å². The van der Waals surface area contributed by atoms with Crippen molar-refractivity contribution < 1.29 is 27.9 Å². The maximum absolute atomic E-state index is 13.2. The summed E-state index contributed by atoms with van der Waals surface area (Å²) < 4.78 is 27.6. The number of anilines is 1. The number of aryl methyl sites for hydroxylation is 1. The molecular weight excluding hydrogens is 508 g/mol. The molecule has 11 heteroatoms. The smallest absolute Gasteiger partial charge is 0.326 e. The summed E-state index contributed by atoms with van der Waals surface area (Å²) in [4.78, 5) is 37.8. The van der Waals surface area contributed by atoms with Crippen molar-refractivity contribution in [1.29, 1.82) is 0 Å². The summed E-state index contributed by atoms with van der Waals surface area (Å²) in [5.41, 5.74) is 2.07. The van der Waals surface area contributed by atoms with E-state index in [4.69, 9.17) is 0 Å². The van der Waals surface area contributed by atoms with Crippen LogP contribution >= 0.6 is 0 Å². The molecule has 2 aliphatic rings. The van der Waals surface area contributed by atoms with Gasteiger partial charge in [-0.2, -0.15) is 4.31 Å². The first-order valence-corrected chi connectivity index (χ1v) is 14.3. The quantitative estimate of drug-likeness (QED) is 0.379. The number of rotatable bonds is 9. The fraction of sp³-hybridized carbons (Fsp3) is 0.444. The number of nitrogens with zero attached hydrogens (tertiary/aromatic N) is 1. The second kappa shape index (κ2) is 12.1. The topological polar surface area (TPSA) is 145 Å². The normalized spacial score (nSPS) is 21.0. The minimum Gasteiger partial charge on any atom is -0.480 e. The van der Waals surface area contributed by atoms with E-state index in [2.05, 4.69) is 16.0 Å². The predicted molar refractivity (Wildman–Crippen MR) is 142 cm³/mol. The Balaban J connectivity index is 1.42. The lowest BCUT2D eigenvalue weighted by Gasteiger charge is -2.25. The molecule has 0 aliphatic carbocycles. The van der Waals surface area contributed by atoms with E-state index in [-0.39, 0.29) is 29.8 Å². The fourth-order valence-corrected chi connectivity index (χ4v) is 6.58. The number of benzene rings is 2. The molecule has 2 aliphatic heterocycles. The summed E-state index contributed by atoms with van der Waals surface area (Å²) in [7, 11) is -3.91. The van der Waals surface area contributed by atoms with Gasteiger partial charge in [0.2, 0.25) is 21.8 Å². The van der Waals surface area contributed by atoms with Gasteiger partial charge in [0.15, 0.2) is 0 Å². The number of hydrogen-bond acceptors (Lipinski definition) is 6. The number of nitrogens with one attached hydrogen (secondary N) is 3. The number of amides is 2. The van der Waals surface area contributed by atoms with E-state index in [9.17, 15) is 27.9 Å². The second-order valence-corrected chi connectivity index (χ2v) is 11.8. The van der Waals surface area contributed by atoms with Gasteiger partial charge in [0.25, 0.3) is 0 Å². The highest BCUT2D eigenvalue weighted by molar-refractivity contribution is 7.89. The van der Waals surface area contributed by atoms with Gasteiger partial charge in [-0.3, -0.25) is 9.59 Å². The summed E-state index contributed by atoms with van der Waals surface area (Å²) in [6, 6.07) is 10.7. The summed E-state index contributed by atoms with van der Waals surface area (Å²) >= 11 is 0. The Morgan fingerprint density at radius 1 is 1.05 bits per heavy atom. The van der Waals surface area contributed by atoms with Gasteiger partial charge >= 0.3 is 5.97 Å². The first kappa shape index (κ1) is 27.7. The number of piperidine rings is 1. The van der Waals surface area contributed by atoms with Crippen LogP contribution in [0.15, 0.2) is 53.4 Å². The van der Waals surface area contributed by atoms with Crippen molar-refractivity contribution >= 4 is 33.5 Å². The third-order valence-electron chi connectivity index (χ3n) is 7.01. The number of aliphatic carboxylic acids is 1. The number of sulfonamides is 1. The second-order valence-electron chi connectivity index (χ2n) is 9.88. The van der Waals surface area contributed by atoms with Crippen LogP contribution in [0.3, 0.4) is 0 Å². The average Bonchev–Trinajstić information content (AvgIpc) is 3.41. The highest BCUT2D eigenvalue weighted by Crippen LogP contribution is 2.27. The van der Waals surface area contributed by atoms with E-state index in [1.165, 1.54) is 12.1 Å². The molecular formula is C27H34N4O6S. The Kier molecular flexibility index (Phi) is 8.80. The number of carbonyl (C=O) groups is 3. The monoisotopic (exact) mass is 542 g/mol. The summed E-state index contributed by atoms with van der Waals surface area (Å²) in [6.45, 7) is 2.83. The summed E-state index contributed by atoms with van der Waals surface area (Å²) in [5.74, 6) is -2.01. The molecule has 2 aromatic rings. The molecule has 2 amide bonds. The maximum atomic E-state index is 13.2. The van der Waals surface area contributed by atoms with E-state index >= 15 is 0 Å². The molecule has 0 saturated carbocycles. The predicted octanol–water partition coefficient (Wildman–Crippen LogP) is 2.04. The van der Waals surface area contributed by atoms with Crippen LogP contribution in [-0.2, 0) is 30.8 Å². The zero-order valence-corrected chi connectivity index (χ0v) is 22.2. The van der Waals surface area contributed by atoms with Crippen LogP contribution in [0.2, 0.25) is 0 Å². The van der Waals surface area contributed by atoms with Crippen molar-refractivity contribution in [3.63, 3.8) is 0 Å². The van der Waals surface area contributed by atoms with Crippen LogP contribution in [0, 0.1) is 6.92 Å². The molecule has 0 aromatic heterocycles. The Hall–Kier alpha value is -3.28. The lowest BCUT2D eigenvalue weighted by Crippen LogP contribution is -2.51. The molecule has 2 saturated heterocycles. The van der Waals surface area contributed by atoms with Gasteiger partial charge in [0.1, 0.15) is 12.1 Å². The zero-order valence-electron chi connectivity index (χ0n) is 21.4. The van der Waals surface area contributed by atoms with Crippen molar-refractivity contribution in [2.75, 3.05) is 18.4 Å². The largest absolute Gasteiger partial charge is 0.480 e. The molecule has 10 nitrogen and oxygen atoms in total. The summed E-state index contributed by atoms with van der Waals surface area (Å²) in [5, 5.41) is 18.4. The summed E-state index contributed by atoms with van der Waals surface area (Å²) in [6.07, 6.45) is 3.56. The SMILES string of the molecule is Cc1ccc(S(=O)(=O)N2CCC[C@H]2C(=O)N[C@@H](Cc2cccc(NC(=O)C3CCCCN3)c2)C(=O)O)cc1. The van der Waals surface area contributed by atoms with Crippen molar-refractivity contribution in [1.82, 2.24) is 14.9 Å². The van der Waals surface area contributed by atoms with Gasteiger partial charge in [-0.15, -0.1) is 0 Å². The first-order valence-electron chi connectivity index (χ1n) is 12.9. The Morgan fingerprint density at radius 3 is 2.50 bits per heavy atom. The Morgan fingerprint density at radius 2 is 1.82 bits per heavy atom. The number of carboxylic acid groups (broad SMARTS) is 1. The van der Waals surface area contributed by atoms with Gasteiger partial charge < -0.3 is 21.1 Å². The lowest BCUT2D eigenvalue weighted by atomic mass is 10.0. The molecule has 3 atom stereocenters. The van der Waals surface area contributed by atoms with Crippen LogP contribution in [0.5, 0.6) is 0 Å². The van der Waals surface area contributed by atoms with Crippen molar-refractivity contribution in [3.05, 3.63) is 59.7 Å². The van der Waals surface area contributed by atoms with Crippen LogP contribution in [0.4, 0.5) is 5.69 Å². The van der Waals surface area contributed by atoms with Gasteiger partial charge in [0, 0.05) is 18.7 Å². The molecule has 38 heavy (non-hydrogen) atoms. The molecule has 0 spiro atoms. The third-order valence-corrected chi connectivity index (χ3v) is 8.93. The van der Waals surface area contributed by atoms with Gasteiger partial charge in [-0.25, -0.2) is 13.2 Å². The fourth-order valence-electron chi connectivity index (χ4n) is 4.92. The zero-order chi connectivity index (χ0) is 27.3. The van der Waals surface area contributed by atoms with Crippen LogP contribution in [0.1, 0.15) is 43.2 Å². The lowest BCUT2D eigenvalue weighted by molar-refractivity contribution is -0.142. The molecule has 2 heterocycles. The number of carbonyl (C=O) groups excluding carboxylic acids is 2. The minimum absolute atomic E-state index is 0.0239. The standard InChI is InChI=1S/C27H34N4O6S/c1-18-10-12-21(13-11-18)38(36,37)31-15-5-9-24(31)26(33)30-23(27(34)35)17-19-6-4-7-20(16-19)29-25(32)22-8-2-3-14-28-22/h4,6-7,10-13,16,22-24,28H,2-3,5,8-9,14-15,17H2,1H3,(H,29,32)(H,30,33)(H,34,35)/t22?,23-,24-/m0/s1. The third kappa shape index (κ3) is 6.58. The van der Waals surface area contributed by atoms with Gasteiger partial charge in [-0.1, -0.05) is 36.2 Å². The number of hydrogen-bond donors (Lipinski definition) is 4. The molecule has 0 radical (unpaired) electrons. The van der Waals surface area contributed by atoms with Crippen LogP contribution in [0.25, 0.3) is 0 Å². The highest BCUT2D eigenvalue weighted by Gasteiger charge is 2.40. The molecule has 2 fully saturated rings. The minimum atomic E-state index is -3.91. The Bertz CT molecular complexity index is 1270. The van der Waals surface area contributed by atoms with E-state index < -0.39 is 34.0 Å². The van der Waals surface area contributed by atoms with Gasteiger partial charge in [-0.05, 0) is 69.0 Å². The maximum Gasteiger partial charge on any atom is 0.326 e. The van der Waals surface area contributed by atoms with Gasteiger partial charge in [0.05, 0.1) is 10.9 Å². The van der Waals surface area contributed by atoms with E-state index in [1.54, 1.807) is 36.4 Å². The first-order chi connectivity index (χ1) is 18.1. The molecule has 4 rings (SSSR count). The van der Waals surface area contributed by atoms with Crippen molar-refractivity contribution in [2.24, 2.45) is 0 Å². The number of carboxylic acids is 1. The van der Waals surface area contributed by atoms with E-state index in [0.29, 0.717) is 24.1 Å². The molecule has 2 aromatic carbocycles. The molecule has 0 bridgehead atoms. The van der Waals surface area contributed by atoms with E-state index in [1.807, 2.05) is 6.92 Å². The van der Waals surface area contributed by atoms with Crippen molar-refractivity contribution in [3.8, 4) is 0 Å².